The fourth-order valence-electron chi connectivity index (χ4n) is 11.0. The van der Waals surface area contributed by atoms with Crippen LogP contribution < -0.4 is 20.6 Å². The molecule has 2 aliphatic heterocycles. The van der Waals surface area contributed by atoms with E-state index < -0.39 is 0 Å². The van der Waals surface area contributed by atoms with Crippen molar-refractivity contribution in [3.05, 3.63) is 174 Å². The van der Waals surface area contributed by atoms with Crippen LogP contribution >= 0.6 is 0 Å². The van der Waals surface area contributed by atoms with E-state index in [1.165, 1.54) is 90.0 Å². The lowest BCUT2D eigenvalue weighted by Gasteiger charge is -2.46. The van der Waals surface area contributed by atoms with Gasteiger partial charge in [0, 0.05) is 39.0 Å². The molecule has 3 aliphatic rings. The van der Waals surface area contributed by atoms with E-state index in [2.05, 4.69) is 231 Å². The molecule has 64 heavy (non-hydrogen) atoms. The predicted octanol–water partition coefficient (Wildman–Crippen LogP) is 15.4. The van der Waals surface area contributed by atoms with Crippen LogP contribution in [0.2, 0.25) is 0 Å². The summed E-state index contributed by atoms with van der Waals surface area (Å²) in [6.07, 6.45) is 2.33. The Labute approximate surface area is 380 Å². The van der Waals surface area contributed by atoms with Gasteiger partial charge in [0.15, 0.2) is 0 Å². The molecule has 1 aliphatic carbocycles. The minimum atomic E-state index is -0.171. The monoisotopic (exact) mass is 834 g/mol. The molecule has 0 unspecified atom stereocenters. The third-order valence-corrected chi connectivity index (χ3v) is 14.8. The second-order valence-electron chi connectivity index (χ2n) is 22.1. The normalized spacial score (nSPS) is 16.0. The van der Waals surface area contributed by atoms with Gasteiger partial charge in [-0.2, -0.15) is 0 Å². The van der Waals surface area contributed by atoms with Gasteiger partial charge in [0.2, 0.25) is 5.88 Å². The summed E-state index contributed by atoms with van der Waals surface area (Å²) in [5.41, 5.74) is 20.9. The fourth-order valence-corrected chi connectivity index (χ4v) is 11.0. The quantitative estimate of drug-likeness (QED) is 0.165. The number of anilines is 5. The molecule has 0 bridgehead atoms. The highest BCUT2D eigenvalue weighted by Gasteiger charge is 2.49. The van der Waals surface area contributed by atoms with Crippen molar-refractivity contribution >= 4 is 57.4 Å². The first-order valence-corrected chi connectivity index (χ1v) is 23.3. The van der Waals surface area contributed by atoms with E-state index >= 15 is 0 Å². The Bertz CT molecular complexity index is 3140. The number of para-hydroxylation sites is 1. The Morgan fingerprint density at radius 2 is 1.11 bits per heavy atom. The molecule has 8 aromatic rings. The first-order valence-electron chi connectivity index (χ1n) is 23.3. The smallest absolute Gasteiger partial charge is 0.337 e. The van der Waals surface area contributed by atoms with Crippen molar-refractivity contribution < 1.29 is 4.42 Å². The molecule has 0 atom stereocenters. The molecule has 3 heterocycles. The Morgan fingerprint density at radius 3 is 1.81 bits per heavy atom. The van der Waals surface area contributed by atoms with Crippen LogP contribution in [0.4, 0.5) is 28.6 Å². The highest BCUT2D eigenvalue weighted by Crippen LogP contribution is 2.53. The summed E-state index contributed by atoms with van der Waals surface area (Å²) < 4.78 is 7.32. The molecule has 3 nitrogen and oxygen atoms in total. The van der Waals surface area contributed by atoms with Gasteiger partial charge < -0.3 is 9.23 Å². The molecule has 318 valence electrons. The van der Waals surface area contributed by atoms with Crippen molar-refractivity contribution in [3.63, 3.8) is 0 Å². The molecule has 1 aromatic heterocycles. The first kappa shape index (κ1) is 40.5. The van der Waals surface area contributed by atoms with Gasteiger partial charge in [-0.15, -0.1) is 0 Å². The van der Waals surface area contributed by atoms with E-state index in [0.717, 1.165) is 29.0 Å². The zero-order valence-corrected chi connectivity index (χ0v) is 39.2. The van der Waals surface area contributed by atoms with Crippen LogP contribution in [-0.2, 0) is 21.7 Å². The highest BCUT2D eigenvalue weighted by atomic mass is 16.4. The number of nitrogens with zero attached hydrogens (tertiary/aromatic N) is 2. The summed E-state index contributed by atoms with van der Waals surface area (Å²) in [7, 11) is 0. The minimum Gasteiger partial charge on any atom is -0.440 e. The molecule has 0 saturated heterocycles. The minimum absolute atomic E-state index is 0.0375. The molecule has 0 N–H and O–H groups in total. The van der Waals surface area contributed by atoms with Crippen molar-refractivity contribution in [1.29, 1.82) is 0 Å². The maximum atomic E-state index is 7.32. The molecule has 0 spiro atoms. The Hall–Kier alpha value is -6.26. The number of hydrogen-bond donors (Lipinski definition) is 0. The van der Waals surface area contributed by atoms with E-state index in [9.17, 15) is 0 Å². The van der Waals surface area contributed by atoms with Crippen molar-refractivity contribution in [2.24, 2.45) is 0 Å². The second-order valence-corrected chi connectivity index (χ2v) is 22.1. The van der Waals surface area contributed by atoms with E-state index in [4.69, 9.17) is 4.42 Å². The number of furan rings is 1. The third-order valence-electron chi connectivity index (χ3n) is 14.8. The number of benzene rings is 7. The SMILES string of the molecule is CC(C)(C)c1ccc(N2c3cc(C(C)(C)C)cc4c3B(c3c2oc2ccccc32)N(c2ccc3c(c2)C(C)(C)CCC3(C)C)c2ccc(-c3ccccc3)cc2-4)c(-c2ccccc2)c1. The Morgan fingerprint density at radius 1 is 0.484 bits per heavy atom. The summed E-state index contributed by atoms with van der Waals surface area (Å²) in [5.74, 6) is 0.880. The van der Waals surface area contributed by atoms with Crippen LogP contribution in [-0.4, -0.2) is 6.85 Å². The van der Waals surface area contributed by atoms with Gasteiger partial charge in [-0.3, -0.25) is 4.90 Å². The zero-order valence-electron chi connectivity index (χ0n) is 39.2. The summed E-state index contributed by atoms with van der Waals surface area (Å²) in [5, 5.41) is 1.14. The van der Waals surface area contributed by atoms with Gasteiger partial charge in [0.25, 0.3) is 0 Å². The number of fused-ring (bicyclic) bond motifs is 7. The van der Waals surface area contributed by atoms with Gasteiger partial charge >= 0.3 is 6.85 Å². The first-order chi connectivity index (χ1) is 30.5. The fraction of sp³-hybridized carbons (Fsp3) is 0.267. The van der Waals surface area contributed by atoms with Crippen LogP contribution in [0.3, 0.4) is 0 Å². The molecule has 0 amide bonds. The molecule has 4 heteroatoms. The van der Waals surface area contributed by atoms with Gasteiger partial charge in [0.1, 0.15) is 5.58 Å². The maximum absolute atomic E-state index is 7.32. The number of hydrogen-bond acceptors (Lipinski definition) is 3. The summed E-state index contributed by atoms with van der Waals surface area (Å²) >= 11 is 0. The third kappa shape index (κ3) is 6.31. The van der Waals surface area contributed by atoms with E-state index in [1.54, 1.807) is 0 Å². The standard InChI is InChI=1S/C60H59BN2O/c1-57(2,3)41-26-30-50(45(34-41)39-21-15-12-16-22-39)62-52-36-42(58(4,5)6)35-47-46-33-40(38-19-13-11-14-20-38)25-29-51(46)63(43-27-28-48-49(37-43)60(9,10)32-31-59(48,7)8)61(54(47)52)55-44-23-17-18-24-53(44)64-56(55)62/h11-30,33-37H,31-32H2,1-10H3. The molecule has 0 saturated carbocycles. The van der Waals surface area contributed by atoms with Gasteiger partial charge in [0.05, 0.1) is 5.69 Å². The summed E-state index contributed by atoms with van der Waals surface area (Å²) in [4.78, 5) is 5.15. The summed E-state index contributed by atoms with van der Waals surface area (Å²) in [6, 6.07) is 57.2. The Balaban J connectivity index is 1.28. The van der Waals surface area contributed by atoms with Crippen LogP contribution in [0.5, 0.6) is 0 Å². The zero-order chi connectivity index (χ0) is 44.5. The van der Waals surface area contributed by atoms with Crippen LogP contribution in [0.25, 0.3) is 44.3 Å². The Kier molecular flexibility index (Phi) is 8.94. The van der Waals surface area contributed by atoms with Crippen LogP contribution in [0.1, 0.15) is 104 Å². The van der Waals surface area contributed by atoms with Crippen molar-refractivity contribution in [1.82, 2.24) is 0 Å². The second kappa shape index (κ2) is 14.1. The van der Waals surface area contributed by atoms with Crippen LogP contribution in [0.15, 0.2) is 156 Å². The molecular formula is C60H59BN2O. The van der Waals surface area contributed by atoms with Crippen LogP contribution in [0, 0.1) is 0 Å². The van der Waals surface area contributed by atoms with Crippen molar-refractivity contribution in [2.75, 3.05) is 9.71 Å². The molecule has 0 fully saturated rings. The molecule has 11 rings (SSSR count). The van der Waals surface area contributed by atoms with Gasteiger partial charge in [-0.25, -0.2) is 0 Å². The maximum Gasteiger partial charge on any atom is 0.337 e. The largest absolute Gasteiger partial charge is 0.440 e. The van der Waals surface area contributed by atoms with Crippen molar-refractivity contribution in [3.8, 4) is 33.4 Å². The van der Waals surface area contributed by atoms with Crippen molar-refractivity contribution in [2.45, 2.75) is 104 Å². The lowest BCUT2D eigenvalue weighted by molar-refractivity contribution is 0.332. The van der Waals surface area contributed by atoms with E-state index in [-0.39, 0.29) is 28.5 Å². The molecular weight excluding hydrogens is 775 g/mol. The van der Waals surface area contributed by atoms with E-state index in [0.29, 0.717) is 0 Å². The lowest BCUT2D eigenvalue weighted by Crippen LogP contribution is -2.61. The lowest BCUT2D eigenvalue weighted by atomic mass is 9.43. The van der Waals surface area contributed by atoms with Gasteiger partial charge in [-0.1, -0.05) is 172 Å². The predicted molar refractivity (Wildman–Crippen MR) is 273 cm³/mol. The van der Waals surface area contributed by atoms with Gasteiger partial charge in [-0.05, 0) is 133 Å². The topological polar surface area (TPSA) is 19.6 Å². The van der Waals surface area contributed by atoms with E-state index in [1.807, 2.05) is 0 Å². The average Bonchev–Trinajstić information content (AvgIpc) is 3.67. The average molecular weight is 835 g/mol. The number of rotatable bonds is 4. The summed E-state index contributed by atoms with van der Waals surface area (Å²) in [6.45, 7) is 23.5. The molecule has 7 aromatic carbocycles. The molecule has 0 radical (unpaired) electrons. The highest BCUT2D eigenvalue weighted by molar-refractivity contribution is 6.95.